The van der Waals surface area contributed by atoms with Crippen LogP contribution in [-0.2, 0) is 19.1 Å². The molecule has 0 aliphatic carbocycles. The van der Waals surface area contributed by atoms with Crippen LogP contribution in [0.15, 0.2) is 28.9 Å². The molecule has 1 aliphatic heterocycles. The van der Waals surface area contributed by atoms with E-state index in [-0.39, 0.29) is 29.9 Å². The van der Waals surface area contributed by atoms with E-state index in [4.69, 9.17) is 4.52 Å². The number of nitrogens with zero attached hydrogens (tertiary/aromatic N) is 6. The number of rotatable bonds is 3. The van der Waals surface area contributed by atoms with Gasteiger partial charge in [-0.15, -0.1) is 5.10 Å². The number of aromatic nitrogens is 5. The molecule has 0 unspecified atom stereocenters. The zero-order chi connectivity index (χ0) is 19.9. The zero-order valence-electron chi connectivity index (χ0n) is 14.8. The van der Waals surface area contributed by atoms with Gasteiger partial charge in [-0.3, -0.25) is 4.79 Å². The van der Waals surface area contributed by atoms with Gasteiger partial charge in [0.1, 0.15) is 6.54 Å². The van der Waals surface area contributed by atoms with Crippen LogP contribution in [0.25, 0.3) is 0 Å². The van der Waals surface area contributed by atoms with Gasteiger partial charge in [-0.25, -0.2) is 4.68 Å². The number of fused-ring (bicyclic) bond motifs is 1. The first kappa shape index (κ1) is 18.1. The van der Waals surface area contributed by atoms with Crippen LogP contribution in [0.2, 0.25) is 0 Å². The second-order valence-corrected chi connectivity index (χ2v) is 6.39. The molecule has 0 radical (unpaired) electrons. The molecule has 0 atom stereocenters. The van der Waals surface area contributed by atoms with Crippen molar-refractivity contribution in [1.29, 1.82) is 0 Å². The molecule has 8 nitrogen and oxygen atoms in total. The van der Waals surface area contributed by atoms with Gasteiger partial charge in [0.05, 0.1) is 11.8 Å². The Labute approximate surface area is 156 Å². The molecule has 0 saturated carbocycles. The first-order chi connectivity index (χ1) is 13.3. The van der Waals surface area contributed by atoms with Crippen LogP contribution >= 0.6 is 0 Å². The van der Waals surface area contributed by atoms with E-state index in [9.17, 15) is 18.0 Å². The molecule has 0 fully saturated rings. The number of carbonyl (C=O) groups excluding carboxylic acids is 1. The Hall–Kier alpha value is -3.24. The first-order valence-electron chi connectivity index (χ1n) is 8.53. The van der Waals surface area contributed by atoms with Crippen LogP contribution in [0.5, 0.6) is 0 Å². The number of amides is 1. The third kappa shape index (κ3) is 3.35. The topological polar surface area (TPSA) is 89.9 Å². The van der Waals surface area contributed by atoms with E-state index in [1.165, 1.54) is 27.9 Å². The molecule has 0 N–H and O–H groups in total. The van der Waals surface area contributed by atoms with Gasteiger partial charge < -0.3 is 9.42 Å². The number of alkyl halides is 3. The minimum absolute atomic E-state index is 0.0329. The molecule has 2 aromatic heterocycles. The van der Waals surface area contributed by atoms with Crippen LogP contribution in [-0.4, -0.2) is 37.6 Å². The fourth-order valence-corrected chi connectivity index (χ4v) is 3.26. The normalized spacial score (nSPS) is 14.2. The van der Waals surface area contributed by atoms with Crippen LogP contribution in [0.1, 0.15) is 39.8 Å². The van der Waals surface area contributed by atoms with Gasteiger partial charge in [-0.1, -0.05) is 16.4 Å². The summed E-state index contributed by atoms with van der Waals surface area (Å²) >= 11 is 0. The summed E-state index contributed by atoms with van der Waals surface area (Å²) in [4.78, 5) is 18.2. The summed E-state index contributed by atoms with van der Waals surface area (Å²) in [5, 5.41) is 11.5. The molecule has 1 amide bonds. The number of halogens is 3. The molecular formula is C17H15F3N6O2. The third-order valence-electron chi connectivity index (χ3n) is 4.43. The summed E-state index contributed by atoms with van der Waals surface area (Å²) < 4.78 is 46.1. The summed E-state index contributed by atoms with van der Waals surface area (Å²) in [6, 6.07) is 3.87. The van der Waals surface area contributed by atoms with Crippen LogP contribution in [0.3, 0.4) is 0 Å². The lowest BCUT2D eigenvalue weighted by atomic mass is 9.95. The fourth-order valence-electron chi connectivity index (χ4n) is 3.26. The minimum Gasteiger partial charge on any atom is -0.340 e. The number of carbonyl (C=O) groups is 1. The summed E-state index contributed by atoms with van der Waals surface area (Å²) in [5.74, 6) is 0.271. The first-order valence-corrected chi connectivity index (χ1v) is 8.53. The van der Waals surface area contributed by atoms with E-state index < -0.39 is 17.6 Å². The van der Waals surface area contributed by atoms with Crippen molar-refractivity contribution in [3.8, 4) is 0 Å². The molecule has 0 saturated heterocycles. The van der Waals surface area contributed by atoms with Gasteiger partial charge in [0, 0.05) is 19.2 Å². The van der Waals surface area contributed by atoms with Gasteiger partial charge in [-0.2, -0.15) is 18.2 Å². The Morgan fingerprint density at radius 3 is 2.86 bits per heavy atom. The predicted molar refractivity (Wildman–Crippen MR) is 89.6 cm³/mol. The van der Waals surface area contributed by atoms with Crippen LogP contribution in [0.4, 0.5) is 18.9 Å². The number of aryl methyl sites for hydroxylation is 1. The highest BCUT2D eigenvalue weighted by Gasteiger charge is 2.37. The molecule has 3 heterocycles. The Kier molecular flexibility index (Phi) is 4.36. The number of hydrogen-bond donors (Lipinski definition) is 0. The van der Waals surface area contributed by atoms with E-state index in [0.29, 0.717) is 24.7 Å². The van der Waals surface area contributed by atoms with Gasteiger partial charge in [0.2, 0.25) is 5.89 Å². The van der Waals surface area contributed by atoms with Crippen molar-refractivity contribution < 1.29 is 22.5 Å². The largest absolute Gasteiger partial charge is 0.416 e. The molecule has 4 rings (SSSR count). The van der Waals surface area contributed by atoms with Crippen molar-refractivity contribution in [3.63, 3.8) is 0 Å². The Bertz CT molecular complexity index is 1030. The molecule has 146 valence electrons. The Balaban J connectivity index is 1.60. The Morgan fingerprint density at radius 2 is 2.14 bits per heavy atom. The second-order valence-electron chi connectivity index (χ2n) is 6.39. The minimum atomic E-state index is -4.47. The summed E-state index contributed by atoms with van der Waals surface area (Å²) in [6.45, 7) is 2.12. The third-order valence-corrected chi connectivity index (χ3v) is 4.43. The number of benzene rings is 1. The lowest BCUT2D eigenvalue weighted by molar-refractivity contribution is -0.138. The lowest BCUT2D eigenvalue weighted by Crippen LogP contribution is -2.36. The highest BCUT2D eigenvalue weighted by Crippen LogP contribution is 2.39. The van der Waals surface area contributed by atoms with E-state index in [1.54, 1.807) is 6.92 Å². The molecule has 3 aromatic rings. The summed E-state index contributed by atoms with van der Waals surface area (Å²) in [7, 11) is 0. The van der Waals surface area contributed by atoms with E-state index in [0.717, 1.165) is 6.07 Å². The second kappa shape index (κ2) is 6.73. The van der Waals surface area contributed by atoms with Crippen molar-refractivity contribution in [1.82, 2.24) is 25.1 Å². The maximum atomic E-state index is 13.3. The maximum absolute atomic E-state index is 13.3. The number of hydrogen-bond acceptors (Lipinski definition) is 6. The van der Waals surface area contributed by atoms with Crippen molar-refractivity contribution in [2.24, 2.45) is 0 Å². The quantitative estimate of drug-likeness (QED) is 0.681. The lowest BCUT2D eigenvalue weighted by Gasteiger charge is -2.30. The van der Waals surface area contributed by atoms with Gasteiger partial charge >= 0.3 is 6.18 Å². The standard InChI is InChI=1S/C17H15F3N6O2/c1-10-21-15(23-28-10)9-25-8-13(22-24-25)16(27)26-7-3-4-11-12(17(18,19)20)5-2-6-14(11)26/h2,5-6,8H,3-4,7,9H2,1H3. The van der Waals surface area contributed by atoms with Crippen molar-refractivity contribution in [2.45, 2.75) is 32.5 Å². The average Bonchev–Trinajstić information content (AvgIpc) is 3.28. The van der Waals surface area contributed by atoms with Gasteiger partial charge in [-0.05, 0) is 30.5 Å². The van der Waals surface area contributed by atoms with Gasteiger partial charge in [0.15, 0.2) is 11.5 Å². The average molecular weight is 392 g/mol. The predicted octanol–water partition coefficient (Wildman–Crippen LogP) is 2.63. The maximum Gasteiger partial charge on any atom is 0.416 e. The van der Waals surface area contributed by atoms with E-state index in [1.807, 2.05) is 0 Å². The molecule has 1 aliphatic rings. The monoisotopic (exact) mass is 392 g/mol. The SMILES string of the molecule is Cc1nc(Cn2cc(C(=O)N3CCCc4c3cccc4C(F)(F)F)nn2)no1. The highest BCUT2D eigenvalue weighted by atomic mass is 19.4. The molecule has 11 heteroatoms. The molecule has 0 bridgehead atoms. The van der Waals surface area contributed by atoms with Crippen molar-refractivity contribution in [3.05, 3.63) is 52.9 Å². The smallest absolute Gasteiger partial charge is 0.340 e. The molecule has 28 heavy (non-hydrogen) atoms. The number of anilines is 1. The molecular weight excluding hydrogens is 377 g/mol. The Morgan fingerprint density at radius 1 is 1.32 bits per heavy atom. The van der Waals surface area contributed by atoms with Crippen LogP contribution in [0, 0.1) is 6.92 Å². The van der Waals surface area contributed by atoms with Crippen molar-refractivity contribution >= 4 is 11.6 Å². The van der Waals surface area contributed by atoms with Crippen molar-refractivity contribution in [2.75, 3.05) is 11.4 Å². The summed E-state index contributed by atoms with van der Waals surface area (Å²) in [6.07, 6.45) is -2.36. The van der Waals surface area contributed by atoms with E-state index in [2.05, 4.69) is 20.5 Å². The zero-order valence-corrected chi connectivity index (χ0v) is 14.8. The molecule has 0 spiro atoms. The van der Waals surface area contributed by atoms with Gasteiger partial charge in [0.25, 0.3) is 5.91 Å². The summed E-state index contributed by atoms with van der Waals surface area (Å²) in [5.41, 5.74) is -0.289. The fraction of sp³-hybridized carbons (Fsp3) is 0.353. The van der Waals surface area contributed by atoms with E-state index >= 15 is 0 Å². The molecule has 1 aromatic carbocycles. The highest BCUT2D eigenvalue weighted by molar-refractivity contribution is 6.05. The van der Waals surface area contributed by atoms with Crippen LogP contribution < -0.4 is 4.90 Å².